The Bertz CT molecular complexity index is 452. The summed E-state index contributed by atoms with van der Waals surface area (Å²) in [6, 6.07) is 0. The Labute approximate surface area is 108 Å². The summed E-state index contributed by atoms with van der Waals surface area (Å²) in [6.07, 6.45) is 1.26. The molecule has 0 radical (unpaired) electrons. The highest BCUT2D eigenvalue weighted by molar-refractivity contribution is 8.22. The topological polar surface area (TPSA) is 84.2 Å². The van der Waals surface area contributed by atoms with Crippen molar-refractivity contribution < 1.29 is 4.92 Å². The first-order chi connectivity index (χ1) is 7.97. The summed E-state index contributed by atoms with van der Waals surface area (Å²) in [5.74, 6) is 0.175. The van der Waals surface area contributed by atoms with Crippen molar-refractivity contribution in [3.8, 4) is 0 Å². The monoisotopic (exact) mass is 273 g/mol. The lowest BCUT2D eigenvalue weighted by Gasteiger charge is -2.12. The van der Waals surface area contributed by atoms with Crippen LogP contribution in [0.2, 0.25) is 0 Å². The SMILES string of the molecule is CNc1ncnc(SC(=S)N(C)C)c1[N+](=O)[O-]. The third kappa shape index (κ3) is 3.24. The van der Waals surface area contributed by atoms with Crippen LogP contribution in [0.1, 0.15) is 0 Å². The summed E-state index contributed by atoms with van der Waals surface area (Å²) in [5.41, 5.74) is -0.163. The molecule has 9 heteroatoms. The van der Waals surface area contributed by atoms with E-state index in [4.69, 9.17) is 12.2 Å². The summed E-state index contributed by atoms with van der Waals surface area (Å²) in [6.45, 7) is 0. The van der Waals surface area contributed by atoms with Gasteiger partial charge in [-0.2, -0.15) is 0 Å². The van der Waals surface area contributed by atoms with Crippen molar-refractivity contribution in [2.75, 3.05) is 26.5 Å². The minimum Gasteiger partial charge on any atom is -0.367 e. The van der Waals surface area contributed by atoms with E-state index in [0.717, 1.165) is 11.8 Å². The number of rotatable bonds is 3. The third-order valence-electron chi connectivity index (χ3n) is 1.76. The molecule has 0 unspecified atom stereocenters. The van der Waals surface area contributed by atoms with Crippen LogP contribution in [-0.4, -0.2) is 45.3 Å². The Morgan fingerprint density at radius 1 is 1.59 bits per heavy atom. The summed E-state index contributed by atoms with van der Waals surface area (Å²) >= 11 is 6.13. The molecule has 0 aliphatic heterocycles. The van der Waals surface area contributed by atoms with Gasteiger partial charge in [-0.05, 0) is 11.8 Å². The zero-order chi connectivity index (χ0) is 13.0. The van der Waals surface area contributed by atoms with Crippen LogP contribution in [0.5, 0.6) is 0 Å². The fourth-order valence-corrected chi connectivity index (χ4v) is 1.91. The molecule has 0 saturated carbocycles. The molecule has 0 fully saturated rings. The highest BCUT2D eigenvalue weighted by Crippen LogP contribution is 2.32. The van der Waals surface area contributed by atoms with Gasteiger partial charge in [-0.1, -0.05) is 12.2 Å². The molecule has 0 atom stereocenters. The number of thioether (sulfide) groups is 1. The molecule has 7 nitrogen and oxygen atoms in total. The molecule has 1 aromatic rings. The van der Waals surface area contributed by atoms with E-state index < -0.39 is 4.92 Å². The van der Waals surface area contributed by atoms with E-state index in [1.165, 1.54) is 6.33 Å². The fourth-order valence-electron chi connectivity index (χ4n) is 0.959. The summed E-state index contributed by atoms with van der Waals surface area (Å²) in [5, 5.41) is 13.9. The van der Waals surface area contributed by atoms with E-state index in [-0.39, 0.29) is 16.5 Å². The molecular weight excluding hydrogens is 262 g/mol. The van der Waals surface area contributed by atoms with Gasteiger partial charge in [0, 0.05) is 21.1 Å². The lowest BCUT2D eigenvalue weighted by atomic mass is 10.5. The van der Waals surface area contributed by atoms with Gasteiger partial charge in [0.2, 0.25) is 5.82 Å². The molecule has 1 aromatic heterocycles. The van der Waals surface area contributed by atoms with Gasteiger partial charge in [-0.25, -0.2) is 9.97 Å². The highest BCUT2D eigenvalue weighted by Gasteiger charge is 2.23. The van der Waals surface area contributed by atoms with E-state index >= 15 is 0 Å². The van der Waals surface area contributed by atoms with Crippen molar-refractivity contribution in [2.45, 2.75) is 5.03 Å². The molecule has 0 amide bonds. The van der Waals surface area contributed by atoms with E-state index in [9.17, 15) is 10.1 Å². The average molecular weight is 273 g/mol. The molecule has 0 aliphatic rings. The number of thiocarbonyl (C=S) groups is 1. The second kappa shape index (κ2) is 5.73. The Morgan fingerprint density at radius 3 is 2.71 bits per heavy atom. The number of nitrogens with zero attached hydrogens (tertiary/aromatic N) is 4. The van der Waals surface area contributed by atoms with Crippen LogP contribution in [0, 0.1) is 10.1 Å². The number of nitrogens with one attached hydrogen (secondary N) is 1. The first-order valence-electron chi connectivity index (χ1n) is 4.53. The minimum absolute atomic E-state index is 0.163. The van der Waals surface area contributed by atoms with Crippen LogP contribution in [0.25, 0.3) is 0 Å². The van der Waals surface area contributed by atoms with Crippen molar-refractivity contribution in [3.05, 3.63) is 16.4 Å². The Hall–Kier alpha value is -1.48. The van der Waals surface area contributed by atoms with E-state index in [1.807, 2.05) is 0 Å². The summed E-state index contributed by atoms with van der Waals surface area (Å²) in [4.78, 5) is 19.8. The maximum Gasteiger partial charge on any atom is 0.343 e. The Morgan fingerprint density at radius 2 is 2.24 bits per heavy atom. The highest BCUT2D eigenvalue weighted by atomic mass is 32.2. The first-order valence-corrected chi connectivity index (χ1v) is 5.76. The Balaban J connectivity index is 3.15. The molecule has 1 heterocycles. The van der Waals surface area contributed by atoms with Gasteiger partial charge in [-0.3, -0.25) is 10.1 Å². The molecule has 17 heavy (non-hydrogen) atoms. The van der Waals surface area contributed by atoms with Gasteiger partial charge in [0.15, 0.2) is 5.03 Å². The van der Waals surface area contributed by atoms with Crippen molar-refractivity contribution in [2.24, 2.45) is 0 Å². The van der Waals surface area contributed by atoms with Gasteiger partial charge < -0.3 is 10.2 Å². The zero-order valence-corrected chi connectivity index (χ0v) is 11.1. The van der Waals surface area contributed by atoms with Crippen LogP contribution < -0.4 is 5.32 Å². The largest absolute Gasteiger partial charge is 0.367 e. The van der Waals surface area contributed by atoms with Gasteiger partial charge in [0.05, 0.1) is 4.92 Å². The maximum atomic E-state index is 11.0. The zero-order valence-electron chi connectivity index (χ0n) is 9.50. The van der Waals surface area contributed by atoms with Crippen molar-refractivity contribution in [3.63, 3.8) is 0 Å². The molecule has 1 rings (SSSR count). The van der Waals surface area contributed by atoms with E-state index in [2.05, 4.69) is 15.3 Å². The number of aromatic nitrogens is 2. The molecule has 0 saturated heterocycles. The quantitative estimate of drug-likeness (QED) is 0.290. The van der Waals surface area contributed by atoms with Gasteiger partial charge in [-0.15, -0.1) is 0 Å². The Kier molecular flexibility index (Phi) is 4.58. The van der Waals surface area contributed by atoms with Gasteiger partial charge >= 0.3 is 5.69 Å². The van der Waals surface area contributed by atoms with Crippen LogP contribution >= 0.6 is 24.0 Å². The van der Waals surface area contributed by atoms with Crippen LogP contribution in [-0.2, 0) is 0 Å². The van der Waals surface area contributed by atoms with E-state index in [0.29, 0.717) is 4.32 Å². The lowest BCUT2D eigenvalue weighted by molar-refractivity contribution is -0.387. The normalized spacial score (nSPS) is 9.82. The van der Waals surface area contributed by atoms with Crippen molar-refractivity contribution in [1.29, 1.82) is 0 Å². The van der Waals surface area contributed by atoms with E-state index in [1.54, 1.807) is 26.0 Å². The van der Waals surface area contributed by atoms with Crippen molar-refractivity contribution >= 4 is 39.8 Å². The first kappa shape index (κ1) is 13.6. The van der Waals surface area contributed by atoms with Gasteiger partial charge in [0.25, 0.3) is 0 Å². The molecule has 1 N–H and O–H groups in total. The van der Waals surface area contributed by atoms with Gasteiger partial charge in [0.1, 0.15) is 10.6 Å². The molecule has 0 spiro atoms. The standard InChI is InChI=1S/C8H11N5O2S2/c1-9-6-5(13(14)15)7(11-4-10-6)17-8(16)12(2)3/h4H,1-3H3,(H,9,10,11). The molecule has 0 bridgehead atoms. The maximum absolute atomic E-state index is 11.0. The minimum atomic E-state index is -0.521. The third-order valence-corrected chi connectivity index (χ3v) is 3.40. The molecule has 92 valence electrons. The number of hydrogen-bond donors (Lipinski definition) is 1. The molecular formula is C8H11N5O2S2. The van der Waals surface area contributed by atoms with Crippen LogP contribution in [0.3, 0.4) is 0 Å². The predicted octanol–water partition coefficient (Wildman–Crippen LogP) is 1.37. The smallest absolute Gasteiger partial charge is 0.343 e. The average Bonchev–Trinajstić information content (AvgIpc) is 2.27. The number of nitro groups is 1. The number of hydrogen-bond acceptors (Lipinski definition) is 7. The molecule has 0 aliphatic carbocycles. The fraction of sp³-hybridized carbons (Fsp3) is 0.375. The van der Waals surface area contributed by atoms with Crippen molar-refractivity contribution in [1.82, 2.24) is 14.9 Å². The lowest BCUT2D eigenvalue weighted by Crippen LogP contribution is -2.16. The van der Waals surface area contributed by atoms with Crippen LogP contribution in [0.4, 0.5) is 11.5 Å². The predicted molar refractivity (Wildman–Crippen MR) is 70.4 cm³/mol. The second-order valence-electron chi connectivity index (χ2n) is 3.15. The summed E-state index contributed by atoms with van der Waals surface area (Å²) in [7, 11) is 5.09. The number of anilines is 1. The molecule has 0 aromatic carbocycles. The second-order valence-corrected chi connectivity index (χ2v) is 4.77. The van der Waals surface area contributed by atoms with Crippen LogP contribution in [0.15, 0.2) is 11.4 Å². The summed E-state index contributed by atoms with van der Waals surface area (Å²) < 4.78 is 0.494.